The minimum absolute atomic E-state index is 0.0159. The van der Waals surface area contributed by atoms with Gasteiger partial charge in [-0.2, -0.15) is 5.10 Å². The smallest absolute Gasteiger partial charge is 0.315 e. The van der Waals surface area contributed by atoms with Gasteiger partial charge in [-0.15, -0.1) is 0 Å². The molecule has 0 bridgehead atoms. The first-order chi connectivity index (χ1) is 13.1. The lowest BCUT2D eigenvalue weighted by Gasteiger charge is -2.27. The highest BCUT2D eigenvalue weighted by Gasteiger charge is 2.18. The number of pyridine rings is 1. The van der Waals surface area contributed by atoms with E-state index in [1.54, 1.807) is 6.20 Å². The first-order valence-corrected chi connectivity index (χ1v) is 9.86. The number of nitrogens with one attached hydrogen (secondary N) is 2. The molecule has 7 heteroatoms. The van der Waals surface area contributed by atoms with Crippen LogP contribution in [0.3, 0.4) is 0 Å². The Hall–Kier alpha value is -2.41. The summed E-state index contributed by atoms with van der Waals surface area (Å²) in [6.07, 6.45) is 4.94. The van der Waals surface area contributed by atoms with Crippen molar-refractivity contribution in [2.75, 3.05) is 13.1 Å². The van der Waals surface area contributed by atoms with Gasteiger partial charge >= 0.3 is 6.03 Å². The van der Waals surface area contributed by atoms with Crippen molar-refractivity contribution < 1.29 is 4.79 Å². The minimum Gasteiger partial charge on any atom is -0.335 e. The molecule has 27 heavy (non-hydrogen) atoms. The number of nitrogens with zero attached hydrogens (tertiary/aromatic N) is 4. The fourth-order valence-electron chi connectivity index (χ4n) is 3.37. The van der Waals surface area contributed by atoms with E-state index in [0.717, 1.165) is 37.6 Å². The van der Waals surface area contributed by atoms with Gasteiger partial charge in [0, 0.05) is 37.4 Å². The largest absolute Gasteiger partial charge is 0.335 e. The Bertz CT molecular complexity index is 729. The fraction of sp³-hybridized carbons (Fsp3) is 0.550. The quantitative estimate of drug-likeness (QED) is 0.748. The maximum Gasteiger partial charge on any atom is 0.315 e. The first-order valence-electron chi connectivity index (χ1n) is 9.86. The highest BCUT2D eigenvalue weighted by atomic mass is 16.2. The van der Waals surface area contributed by atoms with Crippen molar-refractivity contribution in [3.8, 4) is 0 Å². The molecule has 146 valence electrons. The predicted octanol–water partition coefficient (Wildman–Crippen LogP) is 2.32. The van der Waals surface area contributed by atoms with Gasteiger partial charge in [-0.05, 0) is 38.1 Å². The van der Waals surface area contributed by atoms with Gasteiger partial charge < -0.3 is 10.6 Å². The van der Waals surface area contributed by atoms with Crippen LogP contribution in [0.5, 0.6) is 0 Å². The lowest BCUT2D eigenvalue weighted by molar-refractivity contribution is 0.210. The topological polar surface area (TPSA) is 75.1 Å². The van der Waals surface area contributed by atoms with Crippen molar-refractivity contribution in [3.05, 3.63) is 47.5 Å². The molecule has 1 atom stereocenters. The third-order valence-corrected chi connectivity index (χ3v) is 4.80. The molecule has 1 aliphatic rings. The molecule has 1 aliphatic heterocycles. The molecule has 0 aromatic carbocycles. The van der Waals surface area contributed by atoms with Crippen molar-refractivity contribution in [2.45, 2.75) is 58.8 Å². The fourth-order valence-corrected chi connectivity index (χ4v) is 3.37. The number of amides is 2. The summed E-state index contributed by atoms with van der Waals surface area (Å²) in [5.41, 5.74) is 3.12. The Kier molecular flexibility index (Phi) is 6.81. The lowest BCUT2D eigenvalue weighted by atomic mass is 10.2. The summed E-state index contributed by atoms with van der Waals surface area (Å²) in [7, 11) is 0. The highest BCUT2D eigenvalue weighted by molar-refractivity contribution is 5.74. The second-order valence-corrected chi connectivity index (χ2v) is 7.23. The van der Waals surface area contributed by atoms with Crippen LogP contribution in [0.25, 0.3) is 0 Å². The summed E-state index contributed by atoms with van der Waals surface area (Å²) in [5, 5.41) is 10.5. The molecule has 2 aromatic rings. The number of hydrogen-bond acceptors (Lipinski definition) is 4. The number of fused-ring (bicyclic) bond motifs is 1. The number of urea groups is 1. The van der Waals surface area contributed by atoms with Crippen LogP contribution in [0.4, 0.5) is 4.79 Å². The molecule has 0 spiro atoms. The van der Waals surface area contributed by atoms with Gasteiger partial charge in [-0.1, -0.05) is 19.4 Å². The van der Waals surface area contributed by atoms with E-state index in [1.807, 2.05) is 25.1 Å². The number of aromatic nitrogens is 3. The van der Waals surface area contributed by atoms with Crippen LogP contribution in [0, 0.1) is 0 Å². The zero-order valence-corrected chi connectivity index (χ0v) is 16.3. The molecule has 7 nitrogen and oxygen atoms in total. The molecule has 0 saturated heterocycles. The van der Waals surface area contributed by atoms with Gasteiger partial charge in [0.15, 0.2) is 0 Å². The monoisotopic (exact) mass is 370 g/mol. The second kappa shape index (κ2) is 9.50. The molecular weight excluding hydrogens is 340 g/mol. The van der Waals surface area contributed by atoms with Crippen LogP contribution in [-0.4, -0.2) is 44.8 Å². The second-order valence-electron chi connectivity index (χ2n) is 7.23. The summed E-state index contributed by atoms with van der Waals surface area (Å²) < 4.78 is 2.07. The third-order valence-electron chi connectivity index (χ3n) is 4.80. The summed E-state index contributed by atoms with van der Waals surface area (Å²) in [4.78, 5) is 18.9. The molecule has 2 aromatic heterocycles. The number of carbonyl (C=O) groups excluding carboxylic acids is 1. The lowest BCUT2D eigenvalue weighted by Crippen LogP contribution is -2.41. The number of carbonyl (C=O) groups is 1. The minimum atomic E-state index is -0.172. The Morgan fingerprint density at radius 2 is 2.19 bits per heavy atom. The molecular formula is C20H30N6O. The maximum absolute atomic E-state index is 12.1. The summed E-state index contributed by atoms with van der Waals surface area (Å²) >= 11 is 0. The van der Waals surface area contributed by atoms with E-state index in [-0.39, 0.29) is 12.1 Å². The first kappa shape index (κ1) is 19.4. The SMILES string of the molecule is CCCCN1CCn2nc(CNC(=O)N[C@@H](C)Cc3ccccn3)cc2C1. The van der Waals surface area contributed by atoms with Gasteiger partial charge in [-0.25, -0.2) is 4.79 Å². The van der Waals surface area contributed by atoms with E-state index in [9.17, 15) is 4.79 Å². The van der Waals surface area contributed by atoms with Crippen molar-refractivity contribution in [1.82, 2.24) is 30.3 Å². The molecule has 3 heterocycles. The van der Waals surface area contributed by atoms with Gasteiger partial charge in [-0.3, -0.25) is 14.6 Å². The molecule has 0 aliphatic carbocycles. The standard InChI is InChI=1S/C20H30N6O/c1-3-4-9-25-10-11-26-19(15-25)13-18(24-26)14-22-20(27)23-16(2)12-17-7-5-6-8-21-17/h5-8,13,16H,3-4,9-12,14-15H2,1-2H3,(H2,22,23,27)/t16-/m0/s1. The normalized spacial score (nSPS) is 15.2. The average molecular weight is 371 g/mol. The molecule has 0 radical (unpaired) electrons. The Balaban J connectivity index is 1.43. The van der Waals surface area contributed by atoms with E-state index in [0.29, 0.717) is 13.0 Å². The zero-order chi connectivity index (χ0) is 19.1. The van der Waals surface area contributed by atoms with E-state index in [1.165, 1.54) is 18.5 Å². The van der Waals surface area contributed by atoms with E-state index in [2.05, 4.69) is 43.3 Å². The Labute approximate surface area is 161 Å². The van der Waals surface area contributed by atoms with Crippen LogP contribution in [0.2, 0.25) is 0 Å². The van der Waals surface area contributed by atoms with Crippen molar-refractivity contribution in [1.29, 1.82) is 0 Å². The average Bonchev–Trinajstić information content (AvgIpc) is 3.07. The Morgan fingerprint density at radius 1 is 1.30 bits per heavy atom. The van der Waals surface area contributed by atoms with Crippen molar-refractivity contribution in [2.24, 2.45) is 0 Å². The van der Waals surface area contributed by atoms with E-state index >= 15 is 0 Å². The van der Waals surface area contributed by atoms with Gasteiger partial charge in [0.2, 0.25) is 0 Å². The summed E-state index contributed by atoms with van der Waals surface area (Å²) in [5.74, 6) is 0. The zero-order valence-electron chi connectivity index (χ0n) is 16.3. The van der Waals surface area contributed by atoms with Crippen LogP contribution in [-0.2, 0) is 26.1 Å². The molecule has 2 N–H and O–H groups in total. The van der Waals surface area contributed by atoms with E-state index in [4.69, 9.17) is 0 Å². The predicted molar refractivity (Wildman–Crippen MR) is 105 cm³/mol. The number of hydrogen-bond donors (Lipinski definition) is 2. The number of unbranched alkanes of at least 4 members (excludes halogenated alkanes) is 1. The maximum atomic E-state index is 12.1. The van der Waals surface area contributed by atoms with Crippen LogP contribution < -0.4 is 10.6 Å². The van der Waals surface area contributed by atoms with Crippen LogP contribution in [0.15, 0.2) is 30.5 Å². The van der Waals surface area contributed by atoms with Gasteiger partial charge in [0.05, 0.1) is 24.5 Å². The van der Waals surface area contributed by atoms with Gasteiger partial charge in [0.25, 0.3) is 0 Å². The Morgan fingerprint density at radius 3 is 2.96 bits per heavy atom. The molecule has 0 unspecified atom stereocenters. The highest BCUT2D eigenvalue weighted by Crippen LogP contribution is 2.14. The van der Waals surface area contributed by atoms with E-state index < -0.39 is 0 Å². The van der Waals surface area contributed by atoms with Crippen molar-refractivity contribution >= 4 is 6.03 Å². The molecule has 3 rings (SSSR count). The molecule has 0 fully saturated rings. The van der Waals surface area contributed by atoms with Crippen LogP contribution in [0.1, 0.15) is 43.8 Å². The number of rotatable bonds is 8. The molecule has 0 saturated carbocycles. The van der Waals surface area contributed by atoms with Crippen molar-refractivity contribution in [3.63, 3.8) is 0 Å². The van der Waals surface area contributed by atoms with Gasteiger partial charge in [0.1, 0.15) is 0 Å². The third kappa shape index (κ3) is 5.79. The molecule has 2 amide bonds. The summed E-state index contributed by atoms with van der Waals surface area (Å²) in [6, 6.07) is 7.77. The van der Waals surface area contributed by atoms with Crippen LogP contribution >= 0.6 is 0 Å². The summed E-state index contributed by atoms with van der Waals surface area (Å²) in [6.45, 7) is 8.71.